The molecule has 0 aliphatic heterocycles. The molecule has 0 atom stereocenters. The zero-order chi connectivity index (χ0) is 16.7. The number of carbonyl (C=O) groups is 2. The van der Waals surface area contributed by atoms with E-state index in [1.165, 1.54) is 0 Å². The van der Waals surface area contributed by atoms with E-state index in [0.29, 0.717) is 18.8 Å². The molecular formula is C16H18N4O3. The van der Waals surface area contributed by atoms with Crippen molar-refractivity contribution in [1.29, 1.82) is 0 Å². The summed E-state index contributed by atoms with van der Waals surface area (Å²) in [5, 5.41) is 9.47. The summed E-state index contributed by atoms with van der Waals surface area (Å²) in [6.45, 7) is 5.97. The third-order valence-corrected chi connectivity index (χ3v) is 2.87. The highest BCUT2D eigenvalue weighted by Crippen LogP contribution is 2.13. The molecule has 0 unspecified atom stereocenters. The molecule has 0 aliphatic rings. The Bertz CT molecular complexity index is 692. The number of nitrogens with zero attached hydrogens (tertiary/aromatic N) is 2. The van der Waals surface area contributed by atoms with Crippen molar-refractivity contribution in [2.24, 2.45) is 0 Å². The quantitative estimate of drug-likeness (QED) is 0.633. The van der Waals surface area contributed by atoms with Gasteiger partial charge in [0.15, 0.2) is 5.69 Å². The highest BCUT2D eigenvalue weighted by molar-refractivity contribution is 5.89. The number of carbonyl (C=O) groups excluding carboxylic acids is 2. The zero-order valence-corrected chi connectivity index (χ0v) is 12.8. The molecule has 0 saturated heterocycles. The van der Waals surface area contributed by atoms with Crippen LogP contribution in [0.15, 0.2) is 49.2 Å². The number of urea groups is 1. The fraction of sp³-hybridized carbons (Fsp3) is 0.188. The molecule has 2 N–H and O–H groups in total. The molecule has 23 heavy (non-hydrogen) atoms. The Labute approximate surface area is 133 Å². The van der Waals surface area contributed by atoms with Crippen LogP contribution in [0.1, 0.15) is 17.4 Å². The Morgan fingerprint density at radius 3 is 2.70 bits per heavy atom. The minimum absolute atomic E-state index is 0.248. The van der Waals surface area contributed by atoms with Crippen molar-refractivity contribution >= 4 is 17.7 Å². The van der Waals surface area contributed by atoms with Crippen LogP contribution in [-0.2, 0) is 4.74 Å². The molecule has 120 valence electrons. The van der Waals surface area contributed by atoms with Gasteiger partial charge in [0.2, 0.25) is 0 Å². The van der Waals surface area contributed by atoms with Crippen LogP contribution in [0.2, 0.25) is 0 Å². The molecule has 1 heterocycles. The first-order chi connectivity index (χ1) is 11.1. The number of benzene rings is 1. The zero-order valence-electron chi connectivity index (χ0n) is 12.8. The molecule has 0 fully saturated rings. The van der Waals surface area contributed by atoms with E-state index in [4.69, 9.17) is 4.74 Å². The average molecular weight is 314 g/mol. The number of anilines is 1. The van der Waals surface area contributed by atoms with E-state index in [9.17, 15) is 9.59 Å². The number of aromatic nitrogens is 2. The lowest BCUT2D eigenvalue weighted by Crippen LogP contribution is -2.28. The second kappa shape index (κ2) is 7.79. The van der Waals surface area contributed by atoms with Crippen molar-refractivity contribution < 1.29 is 14.3 Å². The molecule has 1 aromatic carbocycles. The molecule has 0 saturated carbocycles. The topological polar surface area (TPSA) is 85.2 Å². The summed E-state index contributed by atoms with van der Waals surface area (Å²) in [4.78, 5) is 23.1. The van der Waals surface area contributed by atoms with Gasteiger partial charge in [0, 0.05) is 18.4 Å². The minimum Gasteiger partial charge on any atom is -0.461 e. The Morgan fingerprint density at radius 1 is 1.30 bits per heavy atom. The third-order valence-electron chi connectivity index (χ3n) is 2.87. The highest BCUT2D eigenvalue weighted by atomic mass is 16.5. The molecule has 0 bridgehead atoms. The SMILES string of the molecule is C=CCNC(=O)Nc1ccc(-n2ccc(C(=O)OCC)n2)cc1. The lowest BCUT2D eigenvalue weighted by molar-refractivity contribution is 0.0519. The van der Waals surface area contributed by atoms with Crippen LogP contribution in [0, 0.1) is 0 Å². The first-order valence-electron chi connectivity index (χ1n) is 7.13. The van der Waals surface area contributed by atoms with E-state index in [-0.39, 0.29) is 11.7 Å². The third kappa shape index (κ3) is 4.44. The molecule has 2 rings (SSSR count). The first kappa shape index (κ1) is 16.3. The Balaban J connectivity index is 2.03. The maximum atomic E-state index is 11.6. The molecule has 2 aromatic rings. The number of nitrogens with one attached hydrogen (secondary N) is 2. The van der Waals surface area contributed by atoms with Crippen LogP contribution in [0.25, 0.3) is 5.69 Å². The molecule has 7 heteroatoms. The first-order valence-corrected chi connectivity index (χ1v) is 7.13. The van der Waals surface area contributed by atoms with Gasteiger partial charge in [0.1, 0.15) is 0 Å². The number of amides is 2. The number of esters is 1. The summed E-state index contributed by atoms with van der Waals surface area (Å²) < 4.78 is 6.46. The van der Waals surface area contributed by atoms with Crippen molar-refractivity contribution in [2.75, 3.05) is 18.5 Å². The van der Waals surface area contributed by atoms with Crippen molar-refractivity contribution in [3.8, 4) is 5.69 Å². The van der Waals surface area contributed by atoms with Gasteiger partial charge in [-0.25, -0.2) is 14.3 Å². The van der Waals surface area contributed by atoms with E-state index < -0.39 is 5.97 Å². The summed E-state index contributed by atoms with van der Waals surface area (Å²) in [5.41, 5.74) is 1.66. The highest BCUT2D eigenvalue weighted by Gasteiger charge is 2.10. The lowest BCUT2D eigenvalue weighted by atomic mass is 10.3. The second-order valence-corrected chi connectivity index (χ2v) is 4.54. The van der Waals surface area contributed by atoms with Gasteiger partial charge in [0.05, 0.1) is 12.3 Å². The Kier molecular flexibility index (Phi) is 5.51. The molecule has 0 radical (unpaired) electrons. The fourth-order valence-electron chi connectivity index (χ4n) is 1.82. The maximum absolute atomic E-state index is 11.6. The van der Waals surface area contributed by atoms with Crippen LogP contribution in [-0.4, -0.2) is 34.9 Å². The largest absolute Gasteiger partial charge is 0.461 e. The summed E-state index contributed by atoms with van der Waals surface area (Å²) in [5.74, 6) is -0.455. The summed E-state index contributed by atoms with van der Waals surface area (Å²) in [6.07, 6.45) is 3.27. The van der Waals surface area contributed by atoms with Gasteiger partial charge in [-0.3, -0.25) is 0 Å². The van der Waals surface area contributed by atoms with Crippen molar-refractivity contribution in [2.45, 2.75) is 6.92 Å². The van der Waals surface area contributed by atoms with Crippen molar-refractivity contribution in [3.63, 3.8) is 0 Å². The van der Waals surface area contributed by atoms with E-state index in [2.05, 4.69) is 22.3 Å². The normalized spacial score (nSPS) is 9.96. The molecule has 7 nitrogen and oxygen atoms in total. The predicted molar refractivity (Wildman–Crippen MR) is 86.7 cm³/mol. The second-order valence-electron chi connectivity index (χ2n) is 4.54. The van der Waals surface area contributed by atoms with Crippen molar-refractivity contribution in [3.05, 3.63) is 54.9 Å². The Hall–Kier alpha value is -3.09. The smallest absolute Gasteiger partial charge is 0.358 e. The molecular weight excluding hydrogens is 296 g/mol. The van der Waals surface area contributed by atoms with Gasteiger partial charge in [0.25, 0.3) is 0 Å². The van der Waals surface area contributed by atoms with Gasteiger partial charge in [-0.2, -0.15) is 5.10 Å². The van der Waals surface area contributed by atoms with Crippen molar-refractivity contribution in [1.82, 2.24) is 15.1 Å². The van der Waals surface area contributed by atoms with Gasteiger partial charge in [-0.15, -0.1) is 6.58 Å². The van der Waals surface area contributed by atoms with Crippen LogP contribution in [0.5, 0.6) is 0 Å². The summed E-state index contributed by atoms with van der Waals surface area (Å²) in [7, 11) is 0. The number of hydrogen-bond donors (Lipinski definition) is 2. The molecule has 1 aromatic heterocycles. The summed E-state index contributed by atoms with van der Waals surface area (Å²) >= 11 is 0. The molecule has 0 aliphatic carbocycles. The summed E-state index contributed by atoms with van der Waals surface area (Å²) in [6, 6.07) is 8.34. The average Bonchev–Trinajstić information content (AvgIpc) is 3.04. The Morgan fingerprint density at radius 2 is 2.04 bits per heavy atom. The monoisotopic (exact) mass is 314 g/mol. The number of rotatable bonds is 6. The number of ether oxygens (including phenoxy) is 1. The minimum atomic E-state index is -0.455. The maximum Gasteiger partial charge on any atom is 0.358 e. The van der Waals surface area contributed by atoms with Crippen LogP contribution in [0.4, 0.5) is 10.5 Å². The number of hydrogen-bond acceptors (Lipinski definition) is 4. The van der Waals surface area contributed by atoms with Crippen LogP contribution < -0.4 is 10.6 Å². The van der Waals surface area contributed by atoms with E-state index in [0.717, 1.165) is 5.69 Å². The van der Waals surface area contributed by atoms with Crippen LogP contribution >= 0.6 is 0 Å². The predicted octanol–water partition coefficient (Wildman–Crippen LogP) is 2.36. The van der Waals surface area contributed by atoms with Gasteiger partial charge < -0.3 is 15.4 Å². The van der Waals surface area contributed by atoms with Gasteiger partial charge in [-0.1, -0.05) is 6.08 Å². The molecule has 2 amide bonds. The van der Waals surface area contributed by atoms with Gasteiger partial charge >= 0.3 is 12.0 Å². The van der Waals surface area contributed by atoms with Gasteiger partial charge in [-0.05, 0) is 37.3 Å². The van der Waals surface area contributed by atoms with E-state index >= 15 is 0 Å². The fourth-order valence-corrected chi connectivity index (χ4v) is 1.82. The van der Waals surface area contributed by atoms with Crippen LogP contribution in [0.3, 0.4) is 0 Å². The molecule has 0 spiro atoms. The standard InChI is InChI=1S/C16H18N4O3/c1-3-10-17-16(22)18-12-5-7-13(8-6-12)20-11-9-14(19-20)15(21)23-4-2/h3,5-9,11H,1,4,10H2,2H3,(H2,17,18,22). The van der Waals surface area contributed by atoms with E-state index in [1.807, 2.05) is 0 Å². The van der Waals surface area contributed by atoms with E-state index in [1.54, 1.807) is 54.2 Å². The lowest BCUT2D eigenvalue weighted by Gasteiger charge is -2.07.